The zero-order valence-electron chi connectivity index (χ0n) is 15.2. The second-order valence-corrected chi connectivity index (χ2v) is 6.65. The topological polar surface area (TPSA) is 71.9 Å². The summed E-state index contributed by atoms with van der Waals surface area (Å²) in [6.07, 6.45) is 7.17. The van der Waals surface area contributed by atoms with Gasteiger partial charge in [0.2, 0.25) is 0 Å². The summed E-state index contributed by atoms with van der Waals surface area (Å²) in [5.41, 5.74) is 4.88. The number of H-pyrrole nitrogens is 1. The molecule has 1 aliphatic heterocycles. The van der Waals surface area contributed by atoms with E-state index in [4.69, 9.17) is 4.74 Å². The van der Waals surface area contributed by atoms with Gasteiger partial charge in [-0.3, -0.25) is 4.90 Å². The van der Waals surface area contributed by atoms with Crippen LogP contribution in [0.2, 0.25) is 0 Å². The molecule has 1 N–H and O–H groups in total. The van der Waals surface area contributed by atoms with Crippen molar-refractivity contribution in [3.8, 4) is 5.75 Å². The van der Waals surface area contributed by atoms with Gasteiger partial charge in [-0.25, -0.2) is 14.6 Å². The third kappa shape index (κ3) is 3.22. The fourth-order valence-electron chi connectivity index (χ4n) is 3.82. The van der Waals surface area contributed by atoms with Crippen molar-refractivity contribution in [3.05, 3.63) is 59.7 Å². The first-order valence-electron chi connectivity index (χ1n) is 9.03. The van der Waals surface area contributed by atoms with Gasteiger partial charge in [-0.1, -0.05) is 13.0 Å². The number of aromatic amines is 1. The normalized spacial score (nSPS) is 17.2. The predicted molar refractivity (Wildman–Crippen MR) is 97.9 cm³/mol. The smallest absolute Gasteiger partial charge is 0.137 e. The monoisotopic (exact) mass is 352 g/mol. The Hall–Kier alpha value is -2.67. The number of aromatic nitrogens is 5. The summed E-state index contributed by atoms with van der Waals surface area (Å²) in [4.78, 5) is 14.4. The summed E-state index contributed by atoms with van der Waals surface area (Å²) < 4.78 is 7.34. The van der Waals surface area contributed by atoms with E-state index < -0.39 is 0 Å². The van der Waals surface area contributed by atoms with Crippen molar-refractivity contribution < 1.29 is 4.74 Å². The van der Waals surface area contributed by atoms with E-state index in [1.165, 1.54) is 17.0 Å². The Bertz CT molecular complexity index is 857. The minimum atomic E-state index is 0.367. The van der Waals surface area contributed by atoms with Gasteiger partial charge in [-0.15, -0.1) is 0 Å². The van der Waals surface area contributed by atoms with Crippen LogP contribution in [0.5, 0.6) is 5.75 Å². The van der Waals surface area contributed by atoms with E-state index in [1.54, 1.807) is 19.8 Å². The fraction of sp³-hybridized carbons (Fsp3) is 0.421. The van der Waals surface area contributed by atoms with Gasteiger partial charge in [0.1, 0.15) is 18.4 Å². The number of methoxy groups -OCH3 is 1. The molecule has 0 spiro atoms. The quantitative estimate of drug-likeness (QED) is 0.738. The highest BCUT2D eigenvalue weighted by molar-refractivity contribution is 5.37. The fourth-order valence-corrected chi connectivity index (χ4v) is 3.82. The van der Waals surface area contributed by atoms with Crippen molar-refractivity contribution in [3.63, 3.8) is 0 Å². The number of ether oxygens (including phenoxy) is 1. The molecule has 0 saturated carbocycles. The van der Waals surface area contributed by atoms with Crippen molar-refractivity contribution in [2.24, 2.45) is 0 Å². The molecule has 0 saturated heterocycles. The van der Waals surface area contributed by atoms with Crippen LogP contribution in [-0.2, 0) is 19.5 Å². The molecule has 2 aromatic heterocycles. The Morgan fingerprint density at radius 1 is 1.31 bits per heavy atom. The Kier molecular flexibility index (Phi) is 4.71. The molecule has 0 bridgehead atoms. The first-order chi connectivity index (χ1) is 12.8. The second kappa shape index (κ2) is 7.29. The van der Waals surface area contributed by atoms with E-state index in [0.717, 1.165) is 37.2 Å². The standard InChI is InChI=1S/C19H24N6O/c1-3-17-19-16(21-12-22-19)6-7-24(17)9-14-4-5-18(26-2)15(8-14)10-25-13-20-11-23-25/h4-5,8,11-13,17H,3,6-7,9-10H2,1-2H3,(H,21,22)/t17-/m1/s1. The zero-order chi connectivity index (χ0) is 17.9. The first kappa shape index (κ1) is 16.8. The van der Waals surface area contributed by atoms with Crippen LogP contribution in [0.4, 0.5) is 0 Å². The Morgan fingerprint density at radius 3 is 3.00 bits per heavy atom. The summed E-state index contributed by atoms with van der Waals surface area (Å²) in [5.74, 6) is 0.879. The van der Waals surface area contributed by atoms with Crippen LogP contribution >= 0.6 is 0 Å². The van der Waals surface area contributed by atoms with Gasteiger partial charge in [0, 0.05) is 30.8 Å². The van der Waals surface area contributed by atoms with E-state index in [1.807, 2.05) is 17.1 Å². The molecule has 0 fully saturated rings. The molecule has 0 amide bonds. The molecule has 3 heterocycles. The molecule has 0 radical (unpaired) electrons. The van der Waals surface area contributed by atoms with Gasteiger partial charge in [0.15, 0.2) is 0 Å². The molecule has 1 aliphatic rings. The Balaban J connectivity index is 1.56. The highest BCUT2D eigenvalue weighted by atomic mass is 16.5. The Morgan fingerprint density at radius 2 is 2.23 bits per heavy atom. The minimum Gasteiger partial charge on any atom is -0.496 e. The third-order valence-corrected chi connectivity index (χ3v) is 5.07. The molecule has 7 nitrogen and oxygen atoms in total. The molecule has 1 aromatic carbocycles. The Labute approximate surface area is 153 Å². The predicted octanol–water partition coefficient (Wildman–Crippen LogP) is 2.57. The average Bonchev–Trinajstić information content (AvgIpc) is 3.33. The molecule has 136 valence electrons. The SMILES string of the molecule is CC[C@@H]1c2nc[nH]c2CCN1Cc1ccc(OC)c(Cn2cncn2)c1. The van der Waals surface area contributed by atoms with Gasteiger partial charge in [-0.05, 0) is 24.1 Å². The number of rotatable bonds is 6. The number of hydrogen-bond acceptors (Lipinski definition) is 5. The van der Waals surface area contributed by atoms with E-state index in [-0.39, 0.29) is 0 Å². The van der Waals surface area contributed by atoms with Crippen LogP contribution in [0.1, 0.15) is 41.9 Å². The van der Waals surface area contributed by atoms with Gasteiger partial charge in [0.05, 0.1) is 31.7 Å². The molecule has 1 atom stereocenters. The van der Waals surface area contributed by atoms with Crippen LogP contribution in [0.3, 0.4) is 0 Å². The van der Waals surface area contributed by atoms with Crippen molar-refractivity contribution in [1.82, 2.24) is 29.6 Å². The number of fused-ring (bicyclic) bond motifs is 1. The van der Waals surface area contributed by atoms with Crippen LogP contribution in [0, 0.1) is 0 Å². The lowest BCUT2D eigenvalue weighted by Crippen LogP contribution is -2.34. The summed E-state index contributed by atoms with van der Waals surface area (Å²) in [6.45, 7) is 4.82. The highest BCUT2D eigenvalue weighted by Gasteiger charge is 2.28. The summed E-state index contributed by atoms with van der Waals surface area (Å²) in [6, 6.07) is 6.78. The lowest BCUT2D eigenvalue weighted by Gasteiger charge is -2.34. The van der Waals surface area contributed by atoms with Crippen LogP contribution in [0.25, 0.3) is 0 Å². The minimum absolute atomic E-state index is 0.367. The van der Waals surface area contributed by atoms with Gasteiger partial charge in [-0.2, -0.15) is 5.10 Å². The summed E-state index contributed by atoms with van der Waals surface area (Å²) >= 11 is 0. The molecular weight excluding hydrogens is 328 g/mol. The maximum absolute atomic E-state index is 5.53. The molecular formula is C19H24N6O. The van der Waals surface area contributed by atoms with Crippen molar-refractivity contribution in [2.75, 3.05) is 13.7 Å². The van der Waals surface area contributed by atoms with Crippen molar-refractivity contribution in [2.45, 2.75) is 38.9 Å². The maximum atomic E-state index is 5.53. The lowest BCUT2D eigenvalue weighted by atomic mass is 9.99. The molecule has 3 aromatic rings. The average molecular weight is 352 g/mol. The number of nitrogens with zero attached hydrogens (tertiary/aromatic N) is 5. The third-order valence-electron chi connectivity index (χ3n) is 5.07. The van der Waals surface area contributed by atoms with Crippen LogP contribution in [0.15, 0.2) is 37.2 Å². The molecule has 0 aliphatic carbocycles. The van der Waals surface area contributed by atoms with Crippen molar-refractivity contribution in [1.29, 1.82) is 0 Å². The lowest BCUT2D eigenvalue weighted by molar-refractivity contribution is 0.167. The van der Waals surface area contributed by atoms with E-state index >= 15 is 0 Å². The van der Waals surface area contributed by atoms with E-state index in [0.29, 0.717) is 12.6 Å². The first-order valence-corrected chi connectivity index (χ1v) is 9.03. The second-order valence-electron chi connectivity index (χ2n) is 6.65. The maximum Gasteiger partial charge on any atom is 0.137 e. The molecule has 4 rings (SSSR count). The van der Waals surface area contributed by atoms with Gasteiger partial charge in [0.25, 0.3) is 0 Å². The van der Waals surface area contributed by atoms with E-state index in [2.05, 4.69) is 44.0 Å². The number of imidazole rings is 1. The van der Waals surface area contributed by atoms with Crippen molar-refractivity contribution >= 4 is 0 Å². The highest BCUT2D eigenvalue weighted by Crippen LogP contribution is 2.31. The summed E-state index contributed by atoms with van der Waals surface area (Å²) in [7, 11) is 1.71. The number of benzene rings is 1. The van der Waals surface area contributed by atoms with E-state index in [9.17, 15) is 0 Å². The molecule has 0 unspecified atom stereocenters. The zero-order valence-corrected chi connectivity index (χ0v) is 15.2. The summed E-state index contributed by atoms with van der Waals surface area (Å²) in [5, 5.41) is 4.20. The number of nitrogens with one attached hydrogen (secondary N) is 1. The van der Waals surface area contributed by atoms with Crippen LogP contribution in [-0.4, -0.2) is 43.3 Å². The molecule has 26 heavy (non-hydrogen) atoms. The number of hydrogen-bond donors (Lipinski definition) is 1. The molecule has 7 heteroatoms. The van der Waals surface area contributed by atoms with Gasteiger partial charge >= 0.3 is 0 Å². The van der Waals surface area contributed by atoms with Crippen LogP contribution < -0.4 is 4.74 Å². The largest absolute Gasteiger partial charge is 0.496 e. The van der Waals surface area contributed by atoms with Gasteiger partial charge < -0.3 is 9.72 Å².